The van der Waals surface area contributed by atoms with E-state index in [2.05, 4.69) is 59.2 Å². The molecule has 1 unspecified atom stereocenters. The molecule has 138 valence electrons. The minimum atomic E-state index is 0.260. The molecule has 0 amide bonds. The average molecular weight is 369 g/mol. The maximum absolute atomic E-state index is 9.20. The van der Waals surface area contributed by atoms with Gasteiger partial charge in [-0.3, -0.25) is 9.80 Å². The van der Waals surface area contributed by atoms with Crippen molar-refractivity contribution < 1.29 is 5.11 Å². The first-order valence-electron chi connectivity index (χ1n) is 9.74. The molecule has 2 heterocycles. The minimum Gasteiger partial charge on any atom is -0.395 e. The van der Waals surface area contributed by atoms with E-state index in [0.717, 1.165) is 45.6 Å². The fraction of sp³-hybridized carbons (Fsp3) is 0.455. The summed E-state index contributed by atoms with van der Waals surface area (Å²) in [5.41, 5.74) is 4.37. The summed E-state index contributed by atoms with van der Waals surface area (Å²) < 4.78 is 0. The number of nitrogens with zero attached hydrogens (tertiary/aromatic N) is 2. The summed E-state index contributed by atoms with van der Waals surface area (Å²) in [7, 11) is 0. The van der Waals surface area contributed by atoms with E-state index in [1.165, 1.54) is 26.5 Å². The Morgan fingerprint density at radius 3 is 2.62 bits per heavy atom. The second-order valence-corrected chi connectivity index (χ2v) is 8.34. The molecule has 1 fully saturated rings. The lowest BCUT2D eigenvalue weighted by molar-refractivity contribution is 0.0823. The van der Waals surface area contributed by atoms with E-state index in [9.17, 15) is 5.11 Å². The van der Waals surface area contributed by atoms with Crippen molar-refractivity contribution in [2.24, 2.45) is 0 Å². The second-order valence-electron chi connectivity index (χ2n) is 7.26. The lowest BCUT2D eigenvalue weighted by atomic mass is 9.95. The number of fused-ring (bicyclic) bond motifs is 2. The molecule has 26 heavy (non-hydrogen) atoms. The summed E-state index contributed by atoms with van der Waals surface area (Å²) in [5.74, 6) is 0. The molecule has 2 aliphatic heterocycles. The molecule has 0 saturated carbocycles. The summed E-state index contributed by atoms with van der Waals surface area (Å²) in [4.78, 5) is 7.86. The van der Waals surface area contributed by atoms with Gasteiger partial charge in [-0.25, -0.2) is 0 Å². The van der Waals surface area contributed by atoms with Gasteiger partial charge >= 0.3 is 0 Å². The van der Waals surface area contributed by atoms with Crippen LogP contribution in [0, 0.1) is 0 Å². The number of benzene rings is 2. The second kappa shape index (κ2) is 8.13. The van der Waals surface area contributed by atoms with Gasteiger partial charge in [-0.2, -0.15) is 0 Å². The molecule has 4 rings (SSSR count). The van der Waals surface area contributed by atoms with Crippen LogP contribution in [0.2, 0.25) is 0 Å². The minimum absolute atomic E-state index is 0.260. The van der Waals surface area contributed by atoms with Gasteiger partial charge in [0.25, 0.3) is 0 Å². The van der Waals surface area contributed by atoms with Crippen molar-refractivity contribution in [3.8, 4) is 0 Å². The first kappa shape index (κ1) is 18.1. The first-order valence-corrected chi connectivity index (χ1v) is 10.6. The third kappa shape index (κ3) is 3.70. The molecule has 0 radical (unpaired) electrons. The smallest absolute Gasteiger partial charge is 0.0558 e. The van der Waals surface area contributed by atoms with Crippen LogP contribution in [0.5, 0.6) is 0 Å². The third-order valence-corrected chi connectivity index (χ3v) is 6.91. The van der Waals surface area contributed by atoms with Crippen LogP contribution in [0.15, 0.2) is 52.3 Å². The maximum atomic E-state index is 9.20. The van der Waals surface area contributed by atoms with Crippen LogP contribution < -0.4 is 0 Å². The molecule has 1 atom stereocenters. The highest BCUT2D eigenvalue weighted by Crippen LogP contribution is 2.43. The van der Waals surface area contributed by atoms with E-state index in [-0.39, 0.29) is 6.61 Å². The molecular weight excluding hydrogens is 340 g/mol. The summed E-state index contributed by atoms with van der Waals surface area (Å²) in [6, 6.07) is 16.4. The predicted molar refractivity (Wildman–Crippen MR) is 108 cm³/mol. The van der Waals surface area contributed by atoms with Gasteiger partial charge < -0.3 is 5.11 Å². The third-order valence-electron chi connectivity index (χ3n) is 5.71. The van der Waals surface area contributed by atoms with Crippen LogP contribution in [0.1, 0.15) is 29.7 Å². The molecule has 1 N–H and O–H groups in total. The Bertz CT molecular complexity index is 756. The molecular formula is C22H28N2OS. The molecule has 0 aliphatic carbocycles. The fourth-order valence-electron chi connectivity index (χ4n) is 4.14. The van der Waals surface area contributed by atoms with Crippen molar-refractivity contribution in [2.75, 3.05) is 39.3 Å². The van der Waals surface area contributed by atoms with Crippen molar-refractivity contribution in [2.45, 2.75) is 35.6 Å². The normalized spacial score (nSPS) is 21.1. The number of aliphatic hydroxyl groups is 1. The highest BCUT2D eigenvalue weighted by atomic mass is 32.2. The molecule has 1 saturated heterocycles. The Labute approximate surface area is 161 Å². The van der Waals surface area contributed by atoms with E-state index in [4.69, 9.17) is 0 Å². The van der Waals surface area contributed by atoms with Crippen molar-refractivity contribution in [1.82, 2.24) is 9.80 Å². The van der Waals surface area contributed by atoms with Crippen LogP contribution in [-0.2, 0) is 12.8 Å². The van der Waals surface area contributed by atoms with Crippen LogP contribution >= 0.6 is 11.8 Å². The van der Waals surface area contributed by atoms with E-state index >= 15 is 0 Å². The fourth-order valence-corrected chi connectivity index (χ4v) is 5.34. The summed E-state index contributed by atoms with van der Waals surface area (Å²) >= 11 is 1.94. The maximum Gasteiger partial charge on any atom is 0.0558 e. The van der Waals surface area contributed by atoms with Gasteiger partial charge in [0.05, 0.1) is 6.61 Å². The van der Waals surface area contributed by atoms with Crippen LogP contribution in [0.4, 0.5) is 0 Å². The molecule has 0 aromatic heterocycles. The van der Waals surface area contributed by atoms with Gasteiger partial charge in [-0.05, 0) is 41.7 Å². The Kier molecular flexibility index (Phi) is 5.65. The molecule has 2 aliphatic rings. The number of rotatable bonds is 4. The van der Waals surface area contributed by atoms with Crippen molar-refractivity contribution in [3.05, 3.63) is 59.2 Å². The molecule has 2 aromatic rings. The van der Waals surface area contributed by atoms with Gasteiger partial charge in [-0.15, -0.1) is 0 Å². The molecule has 2 aromatic carbocycles. The van der Waals surface area contributed by atoms with E-state index in [1.807, 2.05) is 11.8 Å². The van der Waals surface area contributed by atoms with Crippen molar-refractivity contribution in [1.29, 1.82) is 0 Å². The van der Waals surface area contributed by atoms with Gasteiger partial charge in [-0.1, -0.05) is 49.0 Å². The summed E-state index contributed by atoms with van der Waals surface area (Å²) in [6.45, 7) is 7.54. The van der Waals surface area contributed by atoms with Gasteiger partial charge in [0.1, 0.15) is 0 Å². The average Bonchev–Trinajstić information content (AvgIpc) is 2.85. The largest absolute Gasteiger partial charge is 0.395 e. The Hall–Kier alpha value is -1.33. The number of aryl methyl sites for hydroxylation is 1. The first-order chi connectivity index (χ1) is 12.8. The zero-order valence-corrected chi connectivity index (χ0v) is 16.3. The van der Waals surface area contributed by atoms with Crippen LogP contribution in [-0.4, -0.2) is 54.2 Å². The lowest BCUT2D eigenvalue weighted by Crippen LogP contribution is -2.48. The summed E-state index contributed by atoms with van der Waals surface area (Å²) in [6.07, 6.45) is 2.17. The summed E-state index contributed by atoms with van der Waals surface area (Å²) in [5, 5.41) is 9.20. The van der Waals surface area contributed by atoms with E-state index in [0.29, 0.717) is 6.04 Å². The van der Waals surface area contributed by atoms with Crippen LogP contribution in [0.3, 0.4) is 0 Å². The van der Waals surface area contributed by atoms with Crippen molar-refractivity contribution >= 4 is 11.8 Å². The Morgan fingerprint density at radius 2 is 1.85 bits per heavy atom. The van der Waals surface area contributed by atoms with Gasteiger partial charge in [0, 0.05) is 48.6 Å². The highest BCUT2D eigenvalue weighted by Gasteiger charge is 2.29. The SMILES string of the molecule is CCc1ccc2c(c1)Sc1ccccc1CC2N1CCN(CCO)CC1. The number of β-amino-alcohol motifs (C(OH)–C–C–N with tert-alkyl or cyclic N) is 1. The standard InChI is InChI=1S/C22H28N2OS/c1-2-17-7-8-19-20(24-11-9-23(10-12-24)13-14-25)16-18-5-3-4-6-21(18)26-22(19)15-17/h3-8,15,20,25H,2,9-14,16H2,1H3. The Balaban J connectivity index is 1.66. The number of hydrogen-bond donors (Lipinski definition) is 1. The zero-order chi connectivity index (χ0) is 17.9. The molecule has 3 nitrogen and oxygen atoms in total. The molecule has 4 heteroatoms. The van der Waals surface area contributed by atoms with Gasteiger partial charge in [0.2, 0.25) is 0 Å². The lowest BCUT2D eigenvalue weighted by Gasteiger charge is -2.39. The predicted octanol–water partition coefficient (Wildman–Crippen LogP) is 3.61. The quantitative estimate of drug-likeness (QED) is 0.892. The van der Waals surface area contributed by atoms with Crippen molar-refractivity contribution in [3.63, 3.8) is 0 Å². The topological polar surface area (TPSA) is 26.7 Å². The number of piperazine rings is 1. The molecule has 0 bridgehead atoms. The van der Waals surface area contributed by atoms with Crippen LogP contribution in [0.25, 0.3) is 0 Å². The van der Waals surface area contributed by atoms with E-state index in [1.54, 1.807) is 0 Å². The van der Waals surface area contributed by atoms with E-state index < -0.39 is 0 Å². The Morgan fingerprint density at radius 1 is 1.04 bits per heavy atom. The number of aliphatic hydroxyl groups excluding tert-OH is 1. The zero-order valence-electron chi connectivity index (χ0n) is 15.5. The monoisotopic (exact) mass is 368 g/mol. The highest BCUT2D eigenvalue weighted by molar-refractivity contribution is 7.99. The number of hydrogen-bond acceptors (Lipinski definition) is 4. The molecule has 0 spiro atoms. The van der Waals surface area contributed by atoms with Gasteiger partial charge in [0.15, 0.2) is 0 Å².